The molecule has 3 nitrogen and oxygen atoms in total. The Kier molecular flexibility index (Phi) is 4.72. The van der Waals surface area contributed by atoms with Gasteiger partial charge in [-0.05, 0) is 30.0 Å². The molecule has 1 atom stereocenters. The minimum Gasteiger partial charge on any atom is -0.378 e. The molecule has 1 aromatic carbocycles. The van der Waals surface area contributed by atoms with Crippen LogP contribution in [-0.4, -0.2) is 45.2 Å². The van der Waals surface area contributed by atoms with Gasteiger partial charge in [0.05, 0.1) is 0 Å². The van der Waals surface area contributed by atoms with Crippen molar-refractivity contribution in [3.63, 3.8) is 0 Å². The van der Waals surface area contributed by atoms with Crippen molar-refractivity contribution in [1.82, 2.24) is 10.2 Å². The summed E-state index contributed by atoms with van der Waals surface area (Å²) in [7, 11) is 4.12. The van der Waals surface area contributed by atoms with Crippen LogP contribution in [0.25, 0.3) is 0 Å². The Hall–Kier alpha value is -0.770. The highest BCUT2D eigenvalue weighted by molar-refractivity contribution is 6.31. The molecule has 1 N–H and O–H groups in total. The van der Waals surface area contributed by atoms with Crippen LogP contribution in [0.4, 0.5) is 5.69 Å². The second-order valence-electron chi connectivity index (χ2n) is 6.58. The van der Waals surface area contributed by atoms with Crippen LogP contribution in [0.2, 0.25) is 5.02 Å². The van der Waals surface area contributed by atoms with Crippen molar-refractivity contribution in [3.05, 3.63) is 28.8 Å². The van der Waals surface area contributed by atoms with Crippen LogP contribution < -0.4 is 10.2 Å². The molecule has 3 rings (SSSR count). The van der Waals surface area contributed by atoms with Crippen molar-refractivity contribution >= 4 is 17.3 Å². The van der Waals surface area contributed by atoms with Crippen molar-refractivity contribution in [1.29, 1.82) is 0 Å². The van der Waals surface area contributed by atoms with Crippen LogP contribution in [0, 0.1) is 5.92 Å². The van der Waals surface area contributed by atoms with Crippen molar-refractivity contribution in [2.45, 2.75) is 25.3 Å². The van der Waals surface area contributed by atoms with E-state index in [0.29, 0.717) is 6.04 Å². The fourth-order valence-electron chi connectivity index (χ4n) is 3.20. The molecule has 4 heteroatoms. The Bertz CT molecular complexity index is 479. The number of anilines is 1. The number of piperazine rings is 1. The van der Waals surface area contributed by atoms with Crippen LogP contribution in [-0.2, 0) is 0 Å². The van der Waals surface area contributed by atoms with Crippen molar-refractivity contribution in [3.8, 4) is 0 Å². The van der Waals surface area contributed by atoms with E-state index >= 15 is 0 Å². The quantitative estimate of drug-likeness (QED) is 0.901. The monoisotopic (exact) mass is 307 g/mol. The van der Waals surface area contributed by atoms with Crippen molar-refractivity contribution in [2.75, 3.05) is 45.2 Å². The molecule has 2 fully saturated rings. The predicted molar refractivity (Wildman–Crippen MR) is 90.3 cm³/mol. The zero-order valence-corrected chi connectivity index (χ0v) is 13.9. The molecule has 1 aromatic rings. The number of rotatable bonds is 5. The summed E-state index contributed by atoms with van der Waals surface area (Å²) in [5.74, 6) is 0.912. The van der Waals surface area contributed by atoms with Crippen molar-refractivity contribution in [2.24, 2.45) is 5.92 Å². The first-order valence-electron chi connectivity index (χ1n) is 8.06. The number of nitrogens with one attached hydrogen (secondary N) is 1. The number of benzene rings is 1. The van der Waals surface area contributed by atoms with Crippen LogP contribution in [0.3, 0.4) is 0 Å². The summed E-state index contributed by atoms with van der Waals surface area (Å²) in [4.78, 5) is 4.72. The lowest BCUT2D eigenvalue weighted by Crippen LogP contribution is -2.45. The van der Waals surface area contributed by atoms with E-state index in [0.717, 1.165) is 37.1 Å². The molecule has 0 radical (unpaired) electrons. The maximum Gasteiger partial charge on any atom is 0.0474 e. The predicted octanol–water partition coefficient (Wildman–Crippen LogP) is 3.15. The SMILES string of the molecule is CN(C)c1ccc([C@@H](CC2CC2)N2CCNCC2)c(Cl)c1. The van der Waals surface area contributed by atoms with Gasteiger partial charge in [-0.15, -0.1) is 0 Å². The van der Waals surface area contributed by atoms with Gasteiger partial charge in [-0.1, -0.05) is 30.5 Å². The minimum absolute atomic E-state index is 0.489. The molecule has 1 aliphatic carbocycles. The molecule has 1 saturated carbocycles. The van der Waals surface area contributed by atoms with Gasteiger partial charge in [0.2, 0.25) is 0 Å². The van der Waals surface area contributed by atoms with Gasteiger partial charge in [0.15, 0.2) is 0 Å². The Morgan fingerprint density at radius 1 is 1.29 bits per heavy atom. The van der Waals surface area contributed by atoms with E-state index in [1.807, 2.05) is 0 Å². The third kappa shape index (κ3) is 3.71. The number of nitrogens with zero attached hydrogens (tertiary/aromatic N) is 2. The van der Waals surface area contributed by atoms with Crippen LogP contribution in [0.5, 0.6) is 0 Å². The lowest BCUT2D eigenvalue weighted by atomic mass is 9.98. The molecular weight excluding hydrogens is 282 g/mol. The molecule has 0 unspecified atom stereocenters. The Balaban J connectivity index is 1.84. The van der Waals surface area contributed by atoms with E-state index in [9.17, 15) is 0 Å². The molecule has 0 bridgehead atoms. The van der Waals surface area contributed by atoms with E-state index in [-0.39, 0.29) is 0 Å². The lowest BCUT2D eigenvalue weighted by Gasteiger charge is -2.36. The summed E-state index contributed by atoms with van der Waals surface area (Å²) in [6.07, 6.45) is 4.06. The molecule has 116 valence electrons. The average Bonchev–Trinajstić information content (AvgIpc) is 3.30. The Morgan fingerprint density at radius 3 is 2.57 bits per heavy atom. The fourth-order valence-corrected chi connectivity index (χ4v) is 3.50. The first-order chi connectivity index (χ1) is 10.1. The van der Waals surface area contributed by atoms with Crippen LogP contribution in [0.15, 0.2) is 18.2 Å². The molecular formula is C17H26ClN3. The van der Waals surface area contributed by atoms with E-state index in [4.69, 9.17) is 11.6 Å². The lowest BCUT2D eigenvalue weighted by molar-refractivity contribution is 0.160. The first kappa shape index (κ1) is 15.1. The number of halogens is 1. The molecule has 21 heavy (non-hydrogen) atoms. The maximum atomic E-state index is 6.62. The molecule has 2 aliphatic rings. The highest BCUT2D eigenvalue weighted by Crippen LogP contribution is 2.42. The summed E-state index contributed by atoms with van der Waals surface area (Å²) in [5, 5.41) is 4.37. The highest BCUT2D eigenvalue weighted by Gasteiger charge is 2.31. The van der Waals surface area contributed by atoms with Crippen molar-refractivity contribution < 1.29 is 0 Å². The van der Waals surface area contributed by atoms with Gasteiger partial charge in [0.1, 0.15) is 0 Å². The van der Waals surface area contributed by atoms with Gasteiger partial charge in [-0.3, -0.25) is 4.90 Å². The summed E-state index contributed by atoms with van der Waals surface area (Å²) in [6, 6.07) is 7.04. The van der Waals surface area contributed by atoms with E-state index in [1.165, 1.54) is 30.5 Å². The Labute approximate surface area is 133 Å². The smallest absolute Gasteiger partial charge is 0.0474 e. The second-order valence-corrected chi connectivity index (χ2v) is 6.99. The summed E-state index contributed by atoms with van der Waals surface area (Å²) < 4.78 is 0. The molecule has 0 spiro atoms. The van der Waals surface area contributed by atoms with E-state index in [2.05, 4.69) is 47.4 Å². The largest absolute Gasteiger partial charge is 0.378 e. The van der Waals surface area contributed by atoms with Crippen LogP contribution >= 0.6 is 11.6 Å². The Morgan fingerprint density at radius 2 is 2.00 bits per heavy atom. The van der Waals surface area contributed by atoms with Gasteiger partial charge in [0.25, 0.3) is 0 Å². The molecule has 0 aromatic heterocycles. The van der Waals surface area contributed by atoms with E-state index < -0.39 is 0 Å². The minimum atomic E-state index is 0.489. The van der Waals surface area contributed by atoms with Gasteiger partial charge >= 0.3 is 0 Å². The van der Waals surface area contributed by atoms with Gasteiger partial charge in [-0.2, -0.15) is 0 Å². The van der Waals surface area contributed by atoms with Crippen LogP contribution in [0.1, 0.15) is 30.9 Å². The molecule has 1 saturated heterocycles. The highest BCUT2D eigenvalue weighted by atomic mass is 35.5. The average molecular weight is 308 g/mol. The summed E-state index contributed by atoms with van der Waals surface area (Å²) in [5.41, 5.74) is 2.49. The zero-order valence-electron chi connectivity index (χ0n) is 13.1. The standard InChI is InChI=1S/C17H26ClN3/c1-20(2)14-5-6-15(16(18)12-14)17(11-13-3-4-13)21-9-7-19-8-10-21/h5-6,12-13,17,19H,3-4,7-11H2,1-2H3/t17-/m1/s1. The molecule has 1 aliphatic heterocycles. The van der Waals surface area contributed by atoms with E-state index in [1.54, 1.807) is 0 Å². The maximum absolute atomic E-state index is 6.62. The third-order valence-corrected chi connectivity index (χ3v) is 5.03. The first-order valence-corrected chi connectivity index (χ1v) is 8.44. The van der Waals surface area contributed by atoms with Gasteiger partial charge in [-0.25, -0.2) is 0 Å². The molecule has 1 heterocycles. The zero-order chi connectivity index (χ0) is 14.8. The van der Waals surface area contributed by atoms with Gasteiger partial charge in [0, 0.05) is 57.0 Å². The van der Waals surface area contributed by atoms with Gasteiger partial charge < -0.3 is 10.2 Å². The normalized spacial score (nSPS) is 21.3. The number of hydrogen-bond donors (Lipinski definition) is 1. The summed E-state index contributed by atoms with van der Waals surface area (Å²) >= 11 is 6.62. The summed E-state index contributed by atoms with van der Waals surface area (Å²) in [6.45, 7) is 4.44. The topological polar surface area (TPSA) is 18.5 Å². The second kappa shape index (κ2) is 6.55. The fraction of sp³-hybridized carbons (Fsp3) is 0.647. The third-order valence-electron chi connectivity index (χ3n) is 4.71. The molecule has 0 amide bonds. The number of hydrogen-bond acceptors (Lipinski definition) is 3.